The van der Waals surface area contributed by atoms with E-state index in [1.165, 1.54) is 6.07 Å². The van der Waals surface area contributed by atoms with E-state index in [2.05, 4.69) is 10.5 Å². The first-order chi connectivity index (χ1) is 9.95. The lowest BCUT2D eigenvalue weighted by atomic mass is 10.2. The van der Waals surface area contributed by atoms with Crippen LogP contribution in [0.2, 0.25) is 5.02 Å². The van der Waals surface area contributed by atoms with E-state index in [-0.39, 0.29) is 5.76 Å². The smallest absolute Gasteiger partial charge is 0.377 e. The summed E-state index contributed by atoms with van der Waals surface area (Å²) in [5.74, 6) is -1.25. The first-order valence-electron chi connectivity index (χ1n) is 6.12. The Morgan fingerprint density at radius 3 is 2.76 bits per heavy atom. The van der Waals surface area contributed by atoms with Gasteiger partial charge in [0.15, 0.2) is 6.61 Å². The second-order valence-corrected chi connectivity index (χ2v) is 4.85. The molecule has 21 heavy (non-hydrogen) atoms. The largest absolute Gasteiger partial charge is 0.450 e. The second kappa shape index (κ2) is 6.41. The predicted molar refractivity (Wildman–Crippen MR) is 76.3 cm³/mol. The Kier molecular flexibility index (Phi) is 4.59. The molecule has 1 amide bonds. The number of carbonyl (C=O) groups excluding carboxylic acids is 2. The van der Waals surface area contributed by atoms with Gasteiger partial charge in [-0.3, -0.25) is 4.79 Å². The van der Waals surface area contributed by atoms with E-state index >= 15 is 0 Å². The molecule has 0 aliphatic heterocycles. The zero-order valence-corrected chi connectivity index (χ0v) is 12.2. The molecule has 6 nitrogen and oxygen atoms in total. The molecule has 0 bridgehead atoms. The Morgan fingerprint density at radius 1 is 1.33 bits per heavy atom. The van der Waals surface area contributed by atoms with Gasteiger partial charge in [0.05, 0.1) is 5.69 Å². The molecule has 0 aliphatic carbocycles. The number of hydrogen-bond donors (Lipinski definition) is 1. The van der Waals surface area contributed by atoms with E-state index in [1.807, 2.05) is 6.92 Å². The summed E-state index contributed by atoms with van der Waals surface area (Å²) in [6.45, 7) is 3.08. The molecule has 0 saturated carbocycles. The van der Waals surface area contributed by atoms with Crippen LogP contribution >= 0.6 is 11.6 Å². The molecule has 0 radical (unpaired) electrons. The maximum Gasteiger partial charge on any atom is 0.377 e. The summed E-state index contributed by atoms with van der Waals surface area (Å²) in [7, 11) is 0. The first-order valence-corrected chi connectivity index (χ1v) is 6.50. The highest BCUT2D eigenvalue weighted by molar-refractivity contribution is 6.31. The molecular weight excluding hydrogens is 296 g/mol. The molecule has 0 aliphatic rings. The van der Waals surface area contributed by atoms with Gasteiger partial charge in [0.2, 0.25) is 5.76 Å². The van der Waals surface area contributed by atoms with E-state index in [4.69, 9.17) is 20.9 Å². The van der Waals surface area contributed by atoms with Gasteiger partial charge in [-0.05, 0) is 31.5 Å². The van der Waals surface area contributed by atoms with E-state index in [1.54, 1.807) is 25.1 Å². The van der Waals surface area contributed by atoms with E-state index in [0.29, 0.717) is 16.4 Å². The van der Waals surface area contributed by atoms with E-state index < -0.39 is 18.5 Å². The summed E-state index contributed by atoms with van der Waals surface area (Å²) in [5, 5.41) is 6.68. The Hall–Kier alpha value is -2.34. The first kappa shape index (κ1) is 15.1. The zero-order valence-electron chi connectivity index (χ0n) is 11.5. The predicted octanol–water partition coefficient (Wildman–Crippen LogP) is 2.74. The molecule has 2 aromatic rings. The average molecular weight is 309 g/mol. The number of rotatable bonds is 4. The van der Waals surface area contributed by atoms with Crippen LogP contribution in [0, 0.1) is 13.8 Å². The Morgan fingerprint density at radius 2 is 2.10 bits per heavy atom. The van der Waals surface area contributed by atoms with Crippen LogP contribution in [0.5, 0.6) is 0 Å². The normalized spacial score (nSPS) is 10.2. The fourth-order valence-corrected chi connectivity index (χ4v) is 1.75. The van der Waals surface area contributed by atoms with Crippen molar-refractivity contribution >= 4 is 29.2 Å². The van der Waals surface area contributed by atoms with Crippen LogP contribution in [-0.4, -0.2) is 23.6 Å². The number of esters is 1. The maximum atomic E-state index is 11.7. The zero-order chi connectivity index (χ0) is 15.4. The second-order valence-electron chi connectivity index (χ2n) is 4.42. The van der Waals surface area contributed by atoms with Crippen LogP contribution in [0.4, 0.5) is 5.69 Å². The standard InChI is InChI=1S/C14H13ClN2O4/c1-8-3-4-10(15)6-11(8)16-13(18)7-20-14(19)12-5-9(2)17-21-12/h3-6H,7H2,1-2H3,(H,16,18). The van der Waals surface area contributed by atoms with Crippen molar-refractivity contribution in [3.8, 4) is 0 Å². The number of benzene rings is 1. The van der Waals surface area contributed by atoms with Crippen LogP contribution in [0.25, 0.3) is 0 Å². The summed E-state index contributed by atoms with van der Waals surface area (Å²) in [6.07, 6.45) is 0. The number of aryl methyl sites for hydroxylation is 2. The highest BCUT2D eigenvalue weighted by atomic mass is 35.5. The third-order valence-electron chi connectivity index (χ3n) is 2.64. The molecule has 110 valence electrons. The summed E-state index contributed by atoms with van der Waals surface area (Å²) in [4.78, 5) is 23.3. The van der Waals surface area contributed by atoms with Gasteiger partial charge in [0.1, 0.15) is 0 Å². The molecule has 0 saturated heterocycles. The maximum absolute atomic E-state index is 11.7. The van der Waals surface area contributed by atoms with Gasteiger partial charge in [-0.1, -0.05) is 22.8 Å². The monoisotopic (exact) mass is 308 g/mol. The van der Waals surface area contributed by atoms with E-state index in [9.17, 15) is 9.59 Å². The molecule has 0 atom stereocenters. The van der Waals surface area contributed by atoms with Crippen molar-refractivity contribution < 1.29 is 18.8 Å². The third-order valence-corrected chi connectivity index (χ3v) is 2.87. The molecule has 1 aromatic heterocycles. The summed E-state index contributed by atoms with van der Waals surface area (Å²) in [5.41, 5.74) is 1.98. The molecular formula is C14H13ClN2O4. The quantitative estimate of drug-likeness (QED) is 0.878. The van der Waals surface area contributed by atoms with Crippen LogP contribution in [0.15, 0.2) is 28.8 Å². The molecule has 0 unspecified atom stereocenters. The van der Waals surface area contributed by atoms with Crippen molar-refractivity contribution in [3.05, 3.63) is 46.3 Å². The summed E-state index contributed by atoms with van der Waals surface area (Å²) < 4.78 is 9.57. The number of halogens is 1. The lowest BCUT2D eigenvalue weighted by Gasteiger charge is -2.08. The minimum absolute atomic E-state index is 0.0424. The summed E-state index contributed by atoms with van der Waals surface area (Å²) >= 11 is 5.85. The number of anilines is 1. The van der Waals surface area contributed by atoms with Crippen LogP contribution in [-0.2, 0) is 9.53 Å². The van der Waals surface area contributed by atoms with Gasteiger partial charge in [0, 0.05) is 16.8 Å². The number of aromatic nitrogens is 1. The van der Waals surface area contributed by atoms with Crippen molar-refractivity contribution in [2.45, 2.75) is 13.8 Å². The number of carbonyl (C=O) groups is 2. The molecule has 1 aromatic carbocycles. The van der Waals surface area contributed by atoms with Crippen LogP contribution < -0.4 is 5.32 Å². The third kappa shape index (κ3) is 4.06. The Balaban J connectivity index is 1.90. The van der Waals surface area contributed by atoms with Crippen molar-refractivity contribution in [3.63, 3.8) is 0 Å². The molecule has 1 heterocycles. The molecule has 0 spiro atoms. The fourth-order valence-electron chi connectivity index (χ4n) is 1.58. The van der Waals surface area contributed by atoms with Gasteiger partial charge >= 0.3 is 5.97 Å². The molecule has 7 heteroatoms. The molecule has 2 rings (SSSR count). The molecule has 1 N–H and O–H groups in total. The number of nitrogens with one attached hydrogen (secondary N) is 1. The average Bonchev–Trinajstić information content (AvgIpc) is 2.87. The van der Waals surface area contributed by atoms with Crippen molar-refractivity contribution in [2.24, 2.45) is 0 Å². The van der Waals surface area contributed by atoms with Gasteiger partial charge in [-0.15, -0.1) is 0 Å². The highest BCUT2D eigenvalue weighted by Gasteiger charge is 2.15. The number of nitrogens with zero attached hydrogens (tertiary/aromatic N) is 1. The minimum Gasteiger partial charge on any atom is -0.450 e. The van der Waals surface area contributed by atoms with Crippen molar-refractivity contribution in [2.75, 3.05) is 11.9 Å². The topological polar surface area (TPSA) is 81.4 Å². The van der Waals surface area contributed by atoms with E-state index in [0.717, 1.165) is 5.56 Å². The minimum atomic E-state index is -0.742. The fraction of sp³-hybridized carbons (Fsp3) is 0.214. The number of hydrogen-bond acceptors (Lipinski definition) is 5. The van der Waals surface area contributed by atoms with Gasteiger partial charge < -0.3 is 14.6 Å². The lowest BCUT2D eigenvalue weighted by molar-refractivity contribution is -0.119. The van der Waals surface area contributed by atoms with Gasteiger partial charge in [-0.2, -0.15) is 0 Å². The lowest BCUT2D eigenvalue weighted by Crippen LogP contribution is -2.21. The Labute approximate surface area is 126 Å². The SMILES string of the molecule is Cc1cc(C(=O)OCC(=O)Nc2cc(Cl)ccc2C)on1. The van der Waals surface area contributed by atoms with Crippen LogP contribution in [0.3, 0.4) is 0 Å². The van der Waals surface area contributed by atoms with Crippen molar-refractivity contribution in [1.29, 1.82) is 0 Å². The summed E-state index contributed by atoms with van der Waals surface area (Å²) in [6, 6.07) is 6.55. The molecule has 0 fully saturated rings. The van der Waals surface area contributed by atoms with Gasteiger partial charge in [-0.25, -0.2) is 4.79 Å². The van der Waals surface area contributed by atoms with Crippen molar-refractivity contribution in [1.82, 2.24) is 5.16 Å². The number of ether oxygens (including phenoxy) is 1. The van der Waals surface area contributed by atoms with Crippen LogP contribution in [0.1, 0.15) is 21.8 Å². The highest BCUT2D eigenvalue weighted by Crippen LogP contribution is 2.20. The van der Waals surface area contributed by atoms with Gasteiger partial charge in [0.25, 0.3) is 5.91 Å². The Bertz CT molecular complexity index is 681. The number of amides is 1.